The number of nitrogens with one attached hydrogen (secondary N) is 1. The Morgan fingerprint density at radius 1 is 1.29 bits per heavy atom. The van der Waals surface area contributed by atoms with Gasteiger partial charge in [0.2, 0.25) is 5.91 Å². The fourth-order valence-electron chi connectivity index (χ4n) is 3.05. The van der Waals surface area contributed by atoms with Crippen molar-refractivity contribution in [3.8, 4) is 0 Å². The number of rotatable bonds is 5. The Labute approximate surface area is 103 Å². The lowest BCUT2D eigenvalue weighted by atomic mass is 9.97. The second-order valence-corrected chi connectivity index (χ2v) is 5.30. The van der Waals surface area contributed by atoms with E-state index in [1.165, 1.54) is 19.4 Å². The van der Waals surface area contributed by atoms with Crippen molar-refractivity contribution >= 4 is 5.91 Å². The number of amides is 1. The molecule has 1 amide bonds. The summed E-state index contributed by atoms with van der Waals surface area (Å²) in [5, 5.41) is 11.8. The molecule has 2 aliphatic rings. The number of aliphatic hydroxyl groups is 1. The second-order valence-electron chi connectivity index (χ2n) is 5.30. The third-order valence-corrected chi connectivity index (χ3v) is 4.00. The topological polar surface area (TPSA) is 52.6 Å². The van der Waals surface area contributed by atoms with Crippen LogP contribution in [-0.2, 0) is 4.79 Å². The molecule has 0 bridgehead atoms. The van der Waals surface area contributed by atoms with Gasteiger partial charge in [0, 0.05) is 31.7 Å². The molecular formula is C13H24N2O2. The van der Waals surface area contributed by atoms with Crippen LogP contribution < -0.4 is 5.32 Å². The highest BCUT2D eigenvalue weighted by Crippen LogP contribution is 2.26. The van der Waals surface area contributed by atoms with Crippen molar-refractivity contribution < 1.29 is 9.90 Å². The number of carbonyl (C=O) groups excluding carboxylic acids is 1. The van der Waals surface area contributed by atoms with Crippen molar-refractivity contribution in [1.29, 1.82) is 0 Å². The van der Waals surface area contributed by atoms with Crippen LogP contribution in [0.1, 0.15) is 44.9 Å². The zero-order valence-corrected chi connectivity index (χ0v) is 10.5. The fourth-order valence-corrected chi connectivity index (χ4v) is 3.05. The van der Waals surface area contributed by atoms with Gasteiger partial charge in [0.25, 0.3) is 0 Å². The van der Waals surface area contributed by atoms with E-state index in [9.17, 15) is 4.79 Å². The first-order chi connectivity index (χ1) is 8.29. The molecule has 2 unspecified atom stereocenters. The van der Waals surface area contributed by atoms with E-state index in [-0.39, 0.29) is 12.5 Å². The van der Waals surface area contributed by atoms with Crippen LogP contribution in [0.4, 0.5) is 0 Å². The van der Waals surface area contributed by atoms with Crippen LogP contribution in [0.5, 0.6) is 0 Å². The van der Waals surface area contributed by atoms with Gasteiger partial charge in [-0.2, -0.15) is 0 Å². The number of hydrogen-bond donors (Lipinski definition) is 2. The number of aliphatic hydroxyl groups excluding tert-OH is 1. The van der Waals surface area contributed by atoms with Crippen molar-refractivity contribution in [3.63, 3.8) is 0 Å². The summed E-state index contributed by atoms with van der Waals surface area (Å²) in [5.74, 6) is 0.162. The Bertz CT molecular complexity index is 258. The summed E-state index contributed by atoms with van der Waals surface area (Å²) in [4.78, 5) is 14.2. The van der Waals surface area contributed by atoms with Crippen molar-refractivity contribution in [1.82, 2.24) is 10.2 Å². The maximum atomic E-state index is 11.7. The molecule has 2 saturated heterocycles. The maximum absolute atomic E-state index is 11.7. The predicted molar refractivity (Wildman–Crippen MR) is 66.7 cm³/mol. The minimum atomic E-state index is 0.162. The highest BCUT2D eigenvalue weighted by Gasteiger charge is 2.31. The van der Waals surface area contributed by atoms with Crippen molar-refractivity contribution in [2.45, 2.75) is 57.0 Å². The van der Waals surface area contributed by atoms with Gasteiger partial charge in [-0.05, 0) is 45.1 Å². The Morgan fingerprint density at radius 3 is 3.00 bits per heavy atom. The second kappa shape index (κ2) is 6.36. The van der Waals surface area contributed by atoms with Gasteiger partial charge in [-0.25, -0.2) is 0 Å². The monoisotopic (exact) mass is 240 g/mol. The lowest BCUT2D eigenvalue weighted by Gasteiger charge is -2.35. The van der Waals surface area contributed by atoms with Gasteiger partial charge in [0.05, 0.1) is 0 Å². The molecular weight excluding hydrogens is 216 g/mol. The Balaban J connectivity index is 1.67. The van der Waals surface area contributed by atoms with Gasteiger partial charge in [0.1, 0.15) is 0 Å². The number of unbranched alkanes of at least 4 members (excludes halogenated alkanes) is 1. The molecule has 2 N–H and O–H groups in total. The third-order valence-electron chi connectivity index (χ3n) is 4.00. The molecule has 0 radical (unpaired) electrons. The highest BCUT2D eigenvalue weighted by atomic mass is 16.2. The van der Waals surface area contributed by atoms with E-state index < -0.39 is 0 Å². The lowest BCUT2D eigenvalue weighted by Crippen LogP contribution is -2.47. The highest BCUT2D eigenvalue weighted by molar-refractivity contribution is 5.76. The molecule has 0 aliphatic carbocycles. The Hall–Kier alpha value is -0.610. The van der Waals surface area contributed by atoms with E-state index in [1.807, 2.05) is 0 Å². The molecule has 0 saturated carbocycles. The van der Waals surface area contributed by atoms with E-state index >= 15 is 0 Å². The average molecular weight is 240 g/mol. The molecule has 2 fully saturated rings. The summed E-state index contributed by atoms with van der Waals surface area (Å²) in [5.41, 5.74) is 0. The smallest absolute Gasteiger partial charge is 0.220 e. The molecule has 2 aliphatic heterocycles. The van der Waals surface area contributed by atoms with E-state index in [2.05, 4.69) is 10.2 Å². The Morgan fingerprint density at radius 2 is 2.18 bits per heavy atom. The van der Waals surface area contributed by atoms with Crippen LogP contribution in [-0.4, -0.2) is 47.7 Å². The van der Waals surface area contributed by atoms with Crippen LogP contribution in [0.25, 0.3) is 0 Å². The minimum absolute atomic E-state index is 0.162. The van der Waals surface area contributed by atoms with Crippen molar-refractivity contribution in [2.24, 2.45) is 0 Å². The lowest BCUT2D eigenvalue weighted by molar-refractivity contribution is -0.122. The largest absolute Gasteiger partial charge is 0.396 e. The van der Waals surface area contributed by atoms with Gasteiger partial charge in [-0.15, -0.1) is 0 Å². The van der Waals surface area contributed by atoms with Gasteiger partial charge in [0.15, 0.2) is 0 Å². The van der Waals surface area contributed by atoms with Crippen LogP contribution in [0.15, 0.2) is 0 Å². The van der Waals surface area contributed by atoms with Gasteiger partial charge in [-0.1, -0.05) is 0 Å². The first-order valence-electron chi connectivity index (χ1n) is 6.94. The summed E-state index contributed by atoms with van der Waals surface area (Å²) >= 11 is 0. The maximum Gasteiger partial charge on any atom is 0.220 e. The average Bonchev–Trinajstić information content (AvgIpc) is 2.76. The van der Waals surface area contributed by atoms with Gasteiger partial charge < -0.3 is 15.3 Å². The summed E-state index contributed by atoms with van der Waals surface area (Å²) in [6.07, 6.45) is 6.94. The third kappa shape index (κ3) is 3.68. The van der Waals surface area contributed by atoms with Gasteiger partial charge in [-0.3, -0.25) is 4.79 Å². The van der Waals surface area contributed by atoms with Crippen molar-refractivity contribution in [2.75, 3.05) is 19.7 Å². The van der Waals surface area contributed by atoms with E-state index in [4.69, 9.17) is 5.11 Å². The zero-order chi connectivity index (χ0) is 12.1. The van der Waals surface area contributed by atoms with Crippen molar-refractivity contribution in [3.05, 3.63) is 0 Å². The number of carbonyl (C=O) groups is 1. The van der Waals surface area contributed by atoms with E-state index in [0.717, 1.165) is 32.2 Å². The first-order valence-corrected chi connectivity index (χ1v) is 6.94. The quantitative estimate of drug-likeness (QED) is 0.702. The molecule has 0 aromatic heterocycles. The number of fused-ring (bicyclic) bond motifs is 1. The summed E-state index contributed by atoms with van der Waals surface area (Å²) < 4.78 is 0. The fraction of sp³-hybridized carbons (Fsp3) is 0.923. The number of piperidine rings is 1. The number of nitrogens with zero attached hydrogens (tertiary/aromatic N) is 1. The standard InChI is InChI=1S/C13H24N2O2/c16-9-2-1-5-13(17)14-11-6-8-15-7-3-4-12(15)10-11/h11-12,16H,1-10H2,(H,14,17). The normalized spacial score (nSPS) is 29.0. The molecule has 4 heteroatoms. The SMILES string of the molecule is O=C(CCCCO)NC1CCN2CCCC2C1. The minimum Gasteiger partial charge on any atom is -0.396 e. The zero-order valence-electron chi connectivity index (χ0n) is 10.5. The summed E-state index contributed by atoms with van der Waals surface area (Å²) in [6.45, 7) is 2.59. The van der Waals surface area contributed by atoms with Gasteiger partial charge >= 0.3 is 0 Å². The van der Waals surface area contributed by atoms with Crippen LogP contribution in [0, 0.1) is 0 Å². The van der Waals surface area contributed by atoms with E-state index in [0.29, 0.717) is 18.5 Å². The molecule has 98 valence electrons. The molecule has 2 heterocycles. The molecule has 2 rings (SSSR count). The number of hydrogen-bond acceptors (Lipinski definition) is 3. The van der Waals surface area contributed by atoms with E-state index in [1.54, 1.807) is 0 Å². The van der Waals surface area contributed by atoms with Crippen LogP contribution in [0.3, 0.4) is 0 Å². The molecule has 17 heavy (non-hydrogen) atoms. The predicted octanol–water partition coefficient (Wildman–Crippen LogP) is 0.892. The first kappa shape index (κ1) is 12.8. The summed E-state index contributed by atoms with van der Waals surface area (Å²) in [7, 11) is 0. The Kier molecular flexibility index (Phi) is 4.80. The molecule has 0 aromatic rings. The molecule has 4 nitrogen and oxygen atoms in total. The molecule has 0 spiro atoms. The summed E-state index contributed by atoms with van der Waals surface area (Å²) in [6, 6.07) is 1.10. The van der Waals surface area contributed by atoms with Crippen LogP contribution in [0.2, 0.25) is 0 Å². The van der Waals surface area contributed by atoms with Crippen LogP contribution >= 0.6 is 0 Å². The molecule has 0 aromatic carbocycles. The molecule has 2 atom stereocenters.